The second kappa shape index (κ2) is 7.30. The van der Waals surface area contributed by atoms with E-state index in [1.54, 1.807) is 4.90 Å². The van der Waals surface area contributed by atoms with Gasteiger partial charge in [0.1, 0.15) is 11.8 Å². The number of rotatable bonds is 3. The van der Waals surface area contributed by atoms with E-state index in [0.29, 0.717) is 25.1 Å². The van der Waals surface area contributed by atoms with Gasteiger partial charge in [0, 0.05) is 43.1 Å². The molecule has 33 heavy (non-hydrogen) atoms. The fourth-order valence-corrected chi connectivity index (χ4v) is 5.05. The van der Waals surface area contributed by atoms with Crippen LogP contribution in [-0.2, 0) is 29.6 Å². The Labute approximate surface area is 190 Å². The van der Waals surface area contributed by atoms with E-state index in [-0.39, 0.29) is 18.2 Å². The topological polar surface area (TPSA) is 93.5 Å². The van der Waals surface area contributed by atoms with Crippen LogP contribution in [0.15, 0.2) is 42.6 Å². The zero-order chi connectivity index (χ0) is 22.7. The summed E-state index contributed by atoms with van der Waals surface area (Å²) >= 11 is 0. The van der Waals surface area contributed by atoms with Gasteiger partial charge in [-0.2, -0.15) is 5.10 Å². The summed E-state index contributed by atoms with van der Waals surface area (Å²) in [6.07, 6.45) is 3.35. The lowest BCUT2D eigenvalue weighted by molar-refractivity contribution is -0.136. The fraction of sp³-hybridized carbons (Fsp3) is 0.280. The molecule has 8 nitrogen and oxygen atoms in total. The quantitative estimate of drug-likeness (QED) is 0.629. The highest BCUT2D eigenvalue weighted by molar-refractivity contribution is 6.05. The Hall–Kier alpha value is -3.94. The van der Waals surface area contributed by atoms with E-state index >= 15 is 0 Å². The smallest absolute Gasteiger partial charge is 0.255 e. The molecule has 3 aromatic rings. The van der Waals surface area contributed by atoms with Crippen molar-refractivity contribution < 1.29 is 19.1 Å². The zero-order valence-corrected chi connectivity index (χ0v) is 18.1. The maximum Gasteiger partial charge on any atom is 0.255 e. The van der Waals surface area contributed by atoms with Crippen LogP contribution in [0, 0.1) is 0 Å². The maximum atomic E-state index is 13.0. The van der Waals surface area contributed by atoms with Crippen LogP contribution in [0.4, 0.5) is 0 Å². The molecular formula is C25H22N4O4. The van der Waals surface area contributed by atoms with E-state index in [1.165, 1.54) is 5.56 Å². The van der Waals surface area contributed by atoms with E-state index in [9.17, 15) is 14.4 Å². The molecule has 0 spiro atoms. The monoisotopic (exact) mass is 442 g/mol. The van der Waals surface area contributed by atoms with Gasteiger partial charge in [-0.1, -0.05) is 18.2 Å². The normalized spacial score (nSPS) is 19.4. The third-order valence-corrected chi connectivity index (χ3v) is 6.74. The SMILES string of the molecule is Cn1ncc(-c2ccc3c(c2)CN(C2CCC(=O)NC2=O)C3=O)c1-c1ccc2c(c1)OCC2. The number of hydrogen-bond donors (Lipinski definition) is 1. The van der Waals surface area contributed by atoms with Crippen molar-refractivity contribution in [3.8, 4) is 28.1 Å². The molecule has 1 unspecified atom stereocenters. The third-order valence-electron chi connectivity index (χ3n) is 6.74. The summed E-state index contributed by atoms with van der Waals surface area (Å²) in [5.74, 6) is 0.0528. The minimum absolute atomic E-state index is 0.173. The summed E-state index contributed by atoms with van der Waals surface area (Å²) < 4.78 is 7.60. The number of fused-ring (bicyclic) bond motifs is 2. The number of ether oxygens (including phenoxy) is 1. The van der Waals surface area contributed by atoms with Gasteiger partial charge in [0.25, 0.3) is 5.91 Å². The number of nitrogens with zero attached hydrogens (tertiary/aromatic N) is 3. The Morgan fingerprint density at radius 2 is 1.85 bits per heavy atom. The average molecular weight is 442 g/mol. The number of carbonyl (C=O) groups excluding carboxylic acids is 3. The van der Waals surface area contributed by atoms with Gasteiger partial charge in [-0.3, -0.25) is 24.4 Å². The minimum Gasteiger partial charge on any atom is -0.493 e. The summed E-state index contributed by atoms with van der Waals surface area (Å²) in [7, 11) is 1.91. The van der Waals surface area contributed by atoms with Gasteiger partial charge in [0.15, 0.2) is 0 Å². The lowest BCUT2D eigenvalue weighted by Gasteiger charge is -2.29. The number of aryl methyl sites for hydroxylation is 1. The number of imide groups is 1. The Kier molecular flexibility index (Phi) is 4.36. The van der Waals surface area contributed by atoms with Gasteiger partial charge in [-0.05, 0) is 41.3 Å². The van der Waals surface area contributed by atoms with Crippen LogP contribution in [0.3, 0.4) is 0 Å². The van der Waals surface area contributed by atoms with Crippen molar-refractivity contribution >= 4 is 17.7 Å². The van der Waals surface area contributed by atoms with Crippen molar-refractivity contribution in [2.24, 2.45) is 7.05 Å². The number of nitrogens with one attached hydrogen (secondary N) is 1. The molecule has 2 aromatic carbocycles. The number of aromatic nitrogens is 2. The zero-order valence-electron chi connectivity index (χ0n) is 18.1. The molecule has 1 saturated heterocycles. The van der Waals surface area contributed by atoms with Crippen LogP contribution in [0.2, 0.25) is 0 Å². The molecule has 0 bridgehead atoms. The average Bonchev–Trinajstić information content (AvgIpc) is 3.50. The molecule has 3 aliphatic rings. The molecule has 166 valence electrons. The second-order valence-electron chi connectivity index (χ2n) is 8.72. The molecule has 0 saturated carbocycles. The van der Waals surface area contributed by atoms with Crippen molar-refractivity contribution in [3.63, 3.8) is 0 Å². The summed E-state index contributed by atoms with van der Waals surface area (Å²) in [5.41, 5.74) is 6.59. The lowest BCUT2D eigenvalue weighted by atomic mass is 9.97. The molecule has 1 atom stereocenters. The highest BCUT2D eigenvalue weighted by Gasteiger charge is 2.39. The predicted octanol–water partition coefficient (Wildman–Crippen LogP) is 2.45. The van der Waals surface area contributed by atoms with Crippen molar-refractivity contribution in [1.82, 2.24) is 20.0 Å². The van der Waals surface area contributed by atoms with Gasteiger partial charge in [-0.15, -0.1) is 0 Å². The second-order valence-corrected chi connectivity index (χ2v) is 8.72. The molecule has 4 heterocycles. The number of carbonyl (C=O) groups is 3. The first-order valence-corrected chi connectivity index (χ1v) is 11.1. The van der Waals surface area contributed by atoms with Crippen LogP contribution >= 0.6 is 0 Å². The van der Waals surface area contributed by atoms with Crippen LogP contribution < -0.4 is 10.1 Å². The Bertz CT molecular complexity index is 1340. The molecule has 3 aliphatic heterocycles. The van der Waals surface area contributed by atoms with E-state index in [1.807, 2.05) is 36.1 Å². The number of benzene rings is 2. The van der Waals surface area contributed by atoms with Gasteiger partial charge in [-0.25, -0.2) is 0 Å². The molecule has 1 N–H and O–H groups in total. The molecule has 6 rings (SSSR count). The van der Waals surface area contributed by atoms with Crippen LogP contribution in [0.5, 0.6) is 5.75 Å². The van der Waals surface area contributed by atoms with Crippen LogP contribution in [0.1, 0.15) is 34.3 Å². The Balaban J connectivity index is 1.34. The standard InChI is InChI=1S/C25H22N4O4/c1-28-23(16-3-2-14-8-9-33-21(14)11-16)19(12-26-28)15-4-5-18-17(10-15)13-29(25(18)32)20-6-7-22(30)27-24(20)31/h2-5,10-12,20H,6-9,13H2,1H3,(H,27,30,31). The van der Waals surface area contributed by atoms with Gasteiger partial charge in [0.05, 0.1) is 18.5 Å². The minimum atomic E-state index is -0.619. The fourth-order valence-electron chi connectivity index (χ4n) is 5.05. The molecule has 1 aromatic heterocycles. The van der Waals surface area contributed by atoms with Crippen molar-refractivity contribution in [2.75, 3.05) is 6.61 Å². The van der Waals surface area contributed by atoms with E-state index in [4.69, 9.17) is 4.74 Å². The third kappa shape index (κ3) is 3.13. The molecule has 3 amide bonds. The first-order chi connectivity index (χ1) is 16.0. The number of amides is 3. The molecule has 0 aliphatic carbocycles. The van der Waals surface area contributed by atoms with E-state index in [0.717, 1.165) is 40.1 Å². The summed E-state index contributed by atoms with van der Waals surface area (Å²) in [6, 6.07) is 11.4. The first kappa shape index (κ1) is 19.7. The van der Waals surface area contributed by atoms with Gasteiger partial charge in [0.2, 0.25) is 11.8 Å². The number of piperidine rings is 1. The largest absolute Gasteiger partial charge is 0.493 e. The highest BCUT2D eigenvalue weighted by Crippen LogP contribution is 2.38. The van der Waals surface area contributed by atoms with E-state index in [2.05, 4.69) is 28.6 Å². The summed E-state index contributed by atoms with van der Waals surface area (Å²) in [4.78, 5) is 38.4. The number of hydrogen-bond acceptors (Lipinski definition) is 5. The maximum absolute atomic E-state index is 13.0. The Morgan fingerprint density at radius 1 is 1.00 bits per heavy atom. The van der Waals surface area contributed by atoms with Crippen molar-refractivity contribution in [1.29, 1.82) is 0 Å². The highest BCUT2D eigenvalue weighted by atomic mass is 16.5. The molecule has 0 radical (unpaired) electrons. The summed E-state index contributed by atoms with van der Waals surface area (Å²) in [5, 5.41) is 6.83. The summed E-state index contributed by atoms with van der Waals surface area (Å²) in [6.45, 7) is 1.05. The van der Waals surface area contributed by atoms with Crippen molar-refractivity contribution in [2.45, 2.75) is 31.8 Å². The van der Waals surface area contributed by atoms with Gasteiger partial charge >= 0.3 is 0 Å². The molecular weight excluding hydrogens is 420 g/mol. The van der Waals surface area contributed by atoms with Crippen LogP contribution in [0.25, 0.3) is 22.4 Å². The lowest BCUT2D eigenvalue weighted by Crippen LogP contribution is -2.52. The van der Waals surface area contributed by atoms with Crippen LogP contribution in [-0.4, -0.2) is 45.1 Å². The molecule has 8 heteroatoms. The Morgan fingerprint density at radius 3 is 2.70 bits per heavy atom. The molecule has 1 fully saturated rings. The first-order valence-electron chi connectivity index (χ1n) is 11.1. The predicted molar refractivity (Wildman–Crippen MR) is 119 cm³/mol. The van der Waals surface area contributed by atoms with Crippen molar-refractivity contribution in [3.05, 3.63) is 59.3 Å². The van der Waals surface area contributed by atoms with Gasteiger partial charge < -0.3 is 9.64 Å². The van der Waals surface area contributed by atoms with E-state index < -0.39 is 11.9 Å².